The molecule has 0 spiro atoms. The van der Waals surface area contributed by atoms with Gasteiger partial charge in [0.05, 0.1) is 6.04 Å². The van der Waals surface area contributed by atoms with E-state index in [1.54, 1.807) is 0 Å². The zero-order chi connectivity index (χ0) is 14.8. The van der Waals surface area contributed by atoms with E-state index < -0.39 is 0 Å². The Kier molecular flexibility index (Phi) is 4.06. The summed E-state index contributed by atoms with van der Waals surface area (Å²) in [6.45, 7) is 0.776. The van der Waals surface area contributed by atoms with Crippen LogP contribution in [0.25, 0.3) is 0 Å². The molecule has 0 radical (unpaired) electrons. The van der Waals surface area contributed by atoms with Crippen molar-refractivity contribution in [1.29, 1.82) is 0 Å². The first-order valence-corrected chi connectivity index (χ1v) is 7.75. The zero-order valence-electron chi connectivity index (χ0n) is 12.1. The molecular formula is C17H22N2O2. The fraction of sp³-hybridized carbons (Fsp3) is 0.529. The predicted molar refractivity (Wildman–Crippen MR) is 80.6 cm³/mol. The Bertz CT molecular complexity index is 529. The molecule has 2 fully saturated rings. The lowest BCUT2D eigenvalue weighted by Gasteiger charge is -2.28. The second-order valence-electron chi connectivity index (χ2n) is 6.33. The molecule has 4 unspecified atom stereocenters. The molecule has 112 valence electrons. The molecule has 1 aliphatic heterocycles. The van der Waals surface area contributed by atoms with Crippen molar-refractivity contribution in [2.75, 3.05) is 6.54 Å². The maximum atomic E-state index is 12.4. The third kappa shape index (κ3) is 3.32. The molecule has 1 aromatic carbocycles. The van der Waals surface area contributed by atoms with E-state index in [0.29, 0.717) is 30.5 Å². The summed E-state index contributed by atoms with van der Waals surface area (Å²) < 4.78 is 0. The van der Waals surface area contributed by atoms with Gasteiger partial charge in [-0.15, -0.1) is 0 Å². The number of hydrogen-bond donors (Lipinski definition) is 2. The number of ketones is 1. The van der Waals surface area contributed by atoms with E-state index in [-0.39, 0.29) is 17.9 Å². The lowest BCUT2D eigenvalue weighted by molar-refractivity contribution is -0.124. The Hall–Kier alpha value is -1.68. The number of benzene rings is 1. The molecule has 3 N–H and O–H groups in total. The summed E-state index contributed by atoms with van der Waals surface area (Å²) in [7, 11) is 0. The number of primary amides is 1. The summed E-state index contributed by atoms with van der Waals surface area (Å²) in [6, 6.07) is 10.00. The SMILES string of the molecule is NC(=O)C1CC(CC(=O)C2CC2c2ccccc2)CCN1. The van der Waals surface area contributed by atoms with Gasteiger partial charge in [0.2, 0.25) is 5.91 Å². The lowest BCUT2D eigenvalue weighted by Crippen LogP contribution is -2.47. The van der Waals surface area contributed by atoms with Crippen molar-refractivity contribution in [3.8, 4) is 0 Å². The molecule has 0 bridgehead atoms. The van der Waals surface area contributed by atoms with E-state index in [1.165, 1.54) is 5.56 Å². The first-order valence-electron chi connectivity index (χ1n) is 7.75. The maximum Gasteiger partial charge on any atom is 0.234 e. The van der Waals surface area contributed by atoms with Gasteiger partial charge in [-0.2, -0.15) is 0 Å². The molecular weight excluding hydrogens is 264 g/mol. The van der Waals surface area contributed by atoms with Gasteiger partial charge in [-0.05, 0) is 43.2 Å². The second-order valence-corrected chi connectivity index (χ2v) is 6.33. The van der Waals surface area contributed by atoms with Crippen molar-refractivity contribution >= 4 is 11.7 Å². The second kappa shape index (κ2) is 5.98. The number of carbonyl (C=O) groups is 2. The Morgan fingerprint density at radius 1 is 1.19 bits per heavy atom. The monoisotopic (exact) mass is 286 g/mol. The average molecular weight is 286 g/mol. The highest BCUT2D eigenvalue weighted by Crippen LogP contribution is 2.49. The summed E-state index contributed by atoms with van der Waals surface area (Å²) in [5, 5.41) is 3.12. The molecule has 1 heterocycles. The van der Waals surface area contributed by atoms with E-state index in [1.807, 2.05) is 18.2 Å². The van der Waals surface area contributed by atoms with Crippen LogP contribution in [0.15, 0.2) is 30.3 Å². The number of piperidine rings is 1. The van der Waals surface area contributed by atoms with Gasteiger partial charge in [-0.25, -0.2) is 0 Å². The van der Waals surface area contributed by atoms with Gasteiger partial charge in [0, 0.05) is 12.3 Å². The number of carbonyl (C=O) groups excluding carboxylic acids is 2. The fourth-order valence-electron chi connectivity index (χ4n) is 3.45. The number of Topliss-reactive ketones (excluding diaryl/α,β-unsaturated/α-hetero) is 1. The molecule has 4 atom stereocenters. The smallest absolute Gasteiger partial charge is 0.234 e. The van der Waals surface area contributed by atoms with E-state index in [2.05, 4.69) is 17.4 Å². The molecule has 1 saturated heterocycles. The maximum absolute atomic E-state index is 12.4. The van der Waals surface area contributed by atoms with Crippen LogP contribution < -0.4 is 11.1 Å². The van der Waals surface area contributed by atoms with Crippen molar-refractivity contribution in [1.82, 2.24) is 5.32 Å². The van der Waals surface area contributed by atoms with Gasteiger partial charge in [0.15, 0.2) is 0 Å². The minimum Gasteiger partial charge on any atom is -0.368 e. The van der Waals surface area contributed by atoms with E-state index >= 15 is 0 Å². The molecule has 3 rings (SSSR count). The predicted octanol–water partition coefficient (Wildman–Crippen LogP) is 1.60. The van der Waals surface area contributed by atoms with Gasteiger partial charge in [-0.3, -0.25) is 9.59 Å². The zero-order valence-corrected chi connectivity index (χ0v) is 12.1. The number of hydrogen-bond acceptors (Lipinski definition) is 3. The number of nitrogens with two attached hydrogens (primary N) is 1. The van der Waals surface area contributed by atoms with Crippen molar-refractivity contribution in [2.45, 2.75) is 37.6 Å². The minimum atomic E-state index is -0.305. The normalized spacial score (nSPS) is 31.6. The Morgan fingerprint density at radius 2 is 1.95 bits per heavy atom. The summed E-state index contributed by atoms with van der Waals surface area (Å²) in [6.07, 6.45) is 3.23. The molecule has 21 heavy (non-hydrogen) atoms. The molecule has 0 aromatic heterocycles. The molecule has 1 saturated carbocycles. The standard InChI is InChI=1S/C17H22N2O2/c18-17(21)15-8-11(6-7-19-15)9-16(20)14-10-13(14)12-4-2-1-3-5-12/h1-5,11,13-15,19H,6-10H2,(H2,18,21). The van der Waals surface area contributed by atoms with Crippen LogP contribution in [-0.2, 0) is 9.59 Å². The third-order valence-corrected chi connectivity index (χ3v) is 4.78. The molecule has 1 aromatic rings. The van der Waals surface area contributed by atoms with Crippen molar-refractivity contribution in [3.05, 3.63) is 35.9 Å². The summed E-state index contributed by atoms with van der Waals surface area (Å²) in [5.41, 5.74) is 6.62. The topological polar surface area (TPSA) is 72.2 Å². The summed E-state index contributed by atoms with van der Waals surface area (Å²) in [4.78, 5) is 23.6. The minimum absolute atomic E-state index is 0.189. The van der Waals surface area contributed by atoms with Crippen LogP contribution in [0.2, 0.25) is 0 Å². The molecule has 1 aliphatic carbocycles. The first kappa shape index (κ1) is 14.3. The number of nitrogens with one attached hydrogen (secondary N) is 1. The molecule has 1 amide bonds. The highest BCUT2D eigenvalue weighted by molar-refractivity contribution is 5.85. The van der Waals surface area contributed by atoms with Crippen LogP contribution in [-0.4, -0.2) is 24.3 Å². The third-order valence-electron chi connectivity index (χ3n) is 4.78. The summed E-state index contributed by atoms with van der Waals surface area (Å²) >= 11 is 0. The van der Waals surface area contributed by atoms with Crippen LogP contribution in [0, 0.1) is 11.8 Å². The van der Waals surface area contributed by atoms with Crippen molar-refractivity contribution in [2.24, 2.45) is 17.6 Å². The highest BCUT2D eigenvalue weighted by atomic mass is 16.1. The lowest BCUT2D eigenvalue weighted by atomic mass is 9.87. The Balaban J connectivity index is 1.52. The average Bonchev–Trinajstić information content (AvgIpc) is 3.29. The highest BCUT2D eigenvalue weighted by Gasteiger charge is 2.44. The van der Waals surface area contributed by atoms with E-state index in [0.717, 1.165) is 19.4 Å². The van der Waals surface area contributed by atoms with Crippen LogP contribution in [0.1, 0.15) is 37.2 Å². The van der Waals surface area contributed by atoms with E-state index in [9.17, 15) is 9.59 Å². The number of rotatable bonds is 5. The van der Waals surface area contributed by atoms with Crippen LogP contribution in [0.3, 0.4) is 0 Å². The fourth-order valence-corrected chi connectivity index (χ4v) is 3.45. The van der Waals surface area contributed by atoms with Crippen LogP contribution in [0.4, 0.5) is 0 Å². The van der Waals surface area contributed by atoms with Gasteiger partial charge < -0.3 is 11.1 Å². The summed E-state index contributed by atoms with van der Waals surface area (Å²) in [5.74, 6) is 0.953. The quantitative estimate of drug-likeness (QED) is 0.863. The molecule has 2 aliphatic rings. The van der Waals surface area contributed by atoms with Gasteiger partial charge in [0.25, 0.3) is 0 Å². The molecule has 4 heteroatoms. The molecule has 4 nitrogen and oxygen atoms in total. The van der Waals surface area contributed by atoms with E-state index in [4.69, 9.17) is 5.73 Å². The first-order chi connectivity index (χ1) is 10.1. The van der Waals surface area contributed by atoms with Crippen molar-refractivity contribution in [3.63, 3.8) is 0 Å². The van der Waals surface area contributed by atoms with Gasteiger partial charge in [0.1, 0.15) is 5.78 Å². The van der Waals surface area contributed by atoms with Gasteiger partial charge in [-0.1, -0.05) is 30.3 Å². The van der Waals surface area contributed by atoms with Crippen LogP contribution in [0.5, 0.6) is 0 Å². The van der Waals surface area contributed by atoms with Gasteiger partial charge >= 0.3 is 0 Å². The van der Waals surface area contributed by atoms with Crippen LogP contribution >= 0.6 is 0 Å². The largest absolute Gasteiger partial charge is 0.368 e. The van der Waals surface area contributed by atoms with Crippen molar-refractivity contribution < 1.29 is 9.59 Å². The Morgan fingerprint density at radius 3 is 2.67 bits per heavy atom. The number of amides is 1. The Labute approximate surface area is 125 Å².